The van der Waals surface area contributed by atoms with Crippen LogP contribution in [-0.4, -0.2) is 12.9 Å². The standard InChI is InChI=1S/C6H11O2/c1-4-7-6(3)8-5-2/h4,6H,1,3,5H2,2H3. The smallest absolute Gasteiger partial charge is 0.199 e. The molecule has 1 radical (unpaired) electrons. The van der Waals surface area contributed by atoms with Crippen molar-refractivity contribution in [1.82, 2.24) is 0 Å². The van der Waals surface area contributed by atoms with Gasteiger partial charge in [-0.1, -0.05) is 6.58 Å². The van der Waals surface area contributed by atoms with Crippen LogP contribution < -0.4 is 0 Å². The van der Waals surface area contributed by atoms with E-state index in [4.69, 9.17) is 9.47 Å². The van der Waals surface area contributed by atoms with Crippen molar-refractivity contribution in [3.63, 3.8) is 0 Å². The van der Waals surface area contributed by atoms with Gasteiger partial charge in [0.2, 0.25) is 0 Å². The molecule has 0 saturated carbocycles. The lowest BCUT2D eigenvalue weighted by Crippen LogP contribution is -2.08. The van der Waals surface area contributed by atoms with Crippen molar-refractivity contribution in [3.8, 4) is 0 Å². The van der Waals surface area contributed by atoms with Crippen molar-refractivity contribution in [1.29, 1.82) is 0 Å². The molecule has 2 nitrogen and oxygen atoms in total. The van der Waals surface area contributed by atoms with Gasteiger partial charge in [0.15, 0.2) is 6.29 Å². The van der Waals surface area contributed by atoms with Crippen molar-refractivity contribution in [2.24, 2.45) is 0 Å². The third kappa shape index (κ3) is 3.68. The Morgan fingerprint density at radius 1 is 1.75 bits per heavy atom. The van der Waals surface area contributed by atoms with Crippen molar-refractivity contribution >= 4 is 0 Å². The van der Waals surface area contributed by atoms with Crippen molar-refractivity contribution in [2.45, 2.75) is 13.2 Å². The molecule has 0 saturated heterocycles. The molecule has 0 bridgehead atoms. The summed E-state index contributed by atoms with van der Waals surface area (Å²) in [5.74, 6) is 0. The highest BCUT2D eigenvalue weighted by molar-refractivity contribution is 4.53. The van der Waals surface area contributed by atoms with E-state index >= 15 is 0 Å². The summed E-state index contributed by atoms with van der Waals surface area (Å²) in [6, 6.07) is 0. The van der Waals surface area contributed by atoms with E-state index in [0.29, 0.717) is 6.61 Å². The average Bonchev–Trinajstić information content (AvgIpc) is 1.68. The minimum absolute atomic E-state index is 0.405. The van der Waals surface area contributed by atoms with Crippen LogP contribution in [0.4, 0.5) is 0 Å². The second-order valence-corrected chi connectivity index (χ2v) is 1.19. The molecule has 2 heteroatoms. The molecule has 0 rings (SSSR count). The van der Waals surface area contributed by atoms with Crippen LogP contribution in [0.3, 0.4) is 0 Å². The molecule has 8 heavy (non-hydrogen) atoms. The highest BCUT2D eigenvalue weighted by Gasteiger charge is 1.93. The highest BCUT2D eigenvalue weighted by Crippen LogP contribution is 1.90. The van der Waals surface area contributed by atoms with E-state index in [-0.39, 0.29) is 0 Å². The Morgan fingerprint density at radius 3 is 2.75 bits per heavy atom. The Hall–Kier alpha value is -0.500. The van der Waals surface area contributed by atoms with Crippen molar-refractivity contribution in [2.75, 3.05) is 6.61 Å². The summed E-state index contributed by atoms with van der Waals surface area (Å²) >= 11 is 0. The second-order valence-electron chi connectivity index (χ2n) is 1.19. The quantitative estimate of drug-likeness (QED) is 0.406. The van der Waals surface area contributed by atoms with E-state index in [9.17, 15) is 0 Å². The summed E-state index contributed by atoms with van der Waals surface area (Å²) in [5.41, 5.74) is 0. The lowest BCUT2D eigenvalue weighted by atomic mass is 10.7. The van der Waals surface area contributed by atoms with Crippen molar-refractivity contribution in [3.05, 3.63) is 19.8 Å². The van der Waals surface area contributed by atoms with Gasteiger partial charge in [0.05, 0.1) is 6.26 Å². The molecule has 0 aromatic carbocycles. The molecule has 47 valence electrons. The lowest BCUT2D eigenvalue weighted by Gasteiger charge is -2.08. The van der Waals surface area contributed by atoms with Crippen molar-refractivity contribution < 1.29 is 9.47 Å². The molecule has 0 aliphatic heterocycles. The van der Waals surface area contributed by atoms with Gasteiger partial charge >= 0.3 is 0 Å². The van der Waals surface area contributed by atoms with Gasteiger partial charge in [0, 0.05) is 13.5 Å². The predicted octanol–water partition coefficient (Wildman–Crippen LogP) is 1.34. The minimum atomic E-state index is -0.405. The maximum Gasteiger partial charge on any atom is 0.199 e. The first-order valence-electron chi connectivity index (χ1n) is 2.52. The van der Waals surface area contributed by atoms with Crippen LogP contribution in [0.2, 0.25) is 0 Å². The van der Waals surface area contributed by atoms with Crippen LogP contribution in [0.5, 0.6) is 0 Å². The van der Waals surface area contributed by atoms with Gasteiger partial charge in [-0.15, -0.1) is 0 Å². The first-order valence-corrected chi connectivity index (χ1v) is 2.52. The van der Waals surface area contributed by atoms with Gasteiger partial charge < -0.3 is 9.47 Å². The number of hydrogen-bond acceptors (Lipinski definition) is 2. The zero-order valence-corrected chi connectivity index (χ0v) is 5.09. The molecule has 0 heterocycles. The summed E-state index contributed by atoms with van der Waals surface area (Å²) in [4.78, 5) is 0. The van der Waals surface area contributed by atoms with Crippen LogP contribution in [0.1, 0.15) is 6.92 Å². The zero-order chi connectivity index (χ0) is 6.41. The van der Waals surface area contributed by atoms with E-state index in [0.717, 1.165) is 0 Å². The summed E-state index contributed by atoms with van der Waals surface area (Å²) in [6.45, 7) is 9.34. The number of hydrogen-bond donors (Lipinski definition) is 0. The Morgan fingerprint density at radius 2 is 2.38 bits per heavy atom. The van der Waals surface area contributed by atoms with Gasteiger partial charge in [0.1, 0.15) is 0 Å². The van der Waals surface area contributed by atoms with Gasteiger partial charge in [-0.05, 0) is 6.92 Å². The van der Waals surface area contributed by atoms with Gasteiger partial charge in [-0.25, -0.2) is 0 Å². The van der Waals surface area contributed by atoms with Crippen LogP contribution in [0.15, 0.2) is 12.8 Å². The van der Waals surface area contributed by atoms with E-state index in [2.05, 4.69) is 13.5 Å². The average molecular weight is 115 g/mol. The minimum Gasteiger partial charge on any atom is -0.473 e. The Balaban J connectivity index is 3.03. The number of ether oxygens (including phenoxy) is 2. The van der Waals surface area contributed by atoms with Crippen LogP contribution in [0, 0.1) is 6.92 Å². The Bertz CT molecular complexity index is 61.5. The largest absolute Gasteiger partial charge is 0.473 e. The van der Waals surface area contributed by atoms with Gasteiger partial charge in [-0.2, -0.15) is 0 Å². The normalized spacial score (nSPS) is 12.8. The molecular weight excluding hydrogens is 104 g/mol. The molecule has 0 aliphatic rings. The highest BCUT2D eigenvalue weighted by atomic mass is 16.7. The third-order valence-corrected chi connectivity index (χ3v) is 0.601. The van der Waals surface area contributed by atoms with Gasteiger partial charge in [0.25, 0.3) is 0 Å². The molecule has 1 unspecified atom stereocenters. The summed E-state index contributed by atoms with van der Waals surface area (Å²) in [5, 5.41) is 0. The van der Waals surface area contributed by atoms with E-state index < -0.39 is 6.29 Å². The molecule has 0 fully saturated rings. The molecule has 0 amide bonds. The maximum atomic E-state index is 4.88. The third-order valence-electron chi connectivity index (χ3n) is 0.601. The molecule has 1 atom stereocenters. The van der Waals surface area contributed by atoms with Crippen LogP contribution >= 0.6 is 0 Å². The monoisotopic (exact) mass is 115 g/mol. The Kier molecular flexibility index (Phi) is 4.36. The second kappa shape index (κ2) is 4.65. The van der Waals surface area contributed by atoms with Gasteiger partial charge in [-0.3, -0.25) is 0 Å². The molecule has 0 spiro atoms. The molecule has 0 aromatic rings. The Labute approximate surface area is 50.1 Å². The van der Waals surface area contributed by atoms with E-state index in [1.54, 1.807) is 0 Å². The number of rotatable bonds is 4. The predicted molar refractivity (Wildman–Crippen MR) is 32.1 cm³/mol. The summed E-state index contributed by atoms with van der Waals surface area (Å²) in [6.07, 6.45) is 0.908. The van der Waals surface area contributed by atoms with E-state index in [1.807, 2.05) is 6.92 Å². The fraction of sp³-hybridized carbons (Fsp3) is 0.500. The molecule has 0 N–H and O–H groups in total. The first-order chi connectivity index (χ1) is 3.81. The SMILES string of the molecule is [CH2]C(OC=C)OCC. The summed E-state index contributed by atoms with van der Waals surface area (Å²) in [7, 11) is 0. The fourth-order valence-corrected chi connectivity index (χ4v) is 0.333. The van der Waals surface area contributed by atoms with Crippen LogP contribution in [0.25, 0.3) is 0 Å². The fourth-order valence-electron chi connectivity index (χ4n) is 0.333. The summed E-state index contributed by atoms with van der Waals surface area (Å²) < 4.78 is 9.59. The molecule has 0 aromatic heterocycles. The zero-order valence-electron chi connectivity index (χ0n) is 5.09. The molecular formula is C6H11O2. The van der Waals surface area contributed by atoms with Crippen LogP contribution in [-0.2, 0) is 9.47 Å². The topological polar surface area (TPSA) is 18.5 Å². The maximum absolute atomic E-state index is 4.88. The molecule has 0 aliphatic carbocycles. The lowest BCUT2D eigenvalue weighted by molar-refractivity contribution is -0.0692. The first kappa shape index (κ1) is 7.50. The van der Waals surface area contributed by atoms with E-state index in [1.165, 1.54) is 6.26 Å².